The first-order chi connectivity index (χ1) is 19.0. The molecule has 0 saturated heterocycles. The number of carbonyl (C=O) groups is 1. The molecule has 0 heterocycles. The summed E-state index contributed by atoms with van der Waals surface area (Å²) >= 11 is 6.05. The number of anilines is 1. The fourth-order valence-electron chi connectivity index (χ4n) is 4.48. The van der Waals surface area contributed by atoms with Crippen molar-refractivity contribution in [1.29, 1.82) is 0 Å². The SMILES string of the molecule is CCCCCCCCCCCCCCCCCCNC(=O)/C(=C\Nc1cccc(Cl)c1)P(=O)(OCC)OCC. The first-order valence-electron chi connectivity index (χ1n) is 15.4. The van der Waals surface area contributed by atoms with Gasteiger partial charge in [0.1, 0.15) is 5.31 Å². The van der Waals surface area contributed by atoms with Crippen LogP contribution in [0.25, 0.3) is 0 Å². The molecule has 0 fully saturated rings. The van der Waals surface area contributed by atoms with Crippen molar-refractivity contribution in [1.82, 2.24) is 5.32 Å². The number of nitrogens with one attached hydrogen (secondary N) is 2. The average molecular weight is 585 g/mol. The largest absolute Gasteiger partial charge is 0.368 e. The van der Waals surface area contributed by atoms with Gasteiger partial charge < -0.3 is 19.7 Å². The fraction of sp³-hybridized carbons (Fsp3) is 0.710. The summed E-state index contributed by atoms with van der Waals surface area (Å²) in [6.45, 7) is 6.57. The van der Waals surface area contributed by atoms with E-state index in [0.29, 0.717) is 17.3 Å². The molecule has 1 aromatic carbocycles. The van der Waals surface area contributed by atoms with Crippen LogP contribution < -0.4 is 10.6 Å². The highest BCUT2D eigenvalue weighted by Crippen LogP contribution is 2.56. The van der Waals surface area contributed by atoms with Gasteiger partial charge in [-0.2, -0.15) is 0 Å². The Bertz CT molecular complexity index is 840. The molecule has 2 N–H and O–H groups in total. The van der Waals surface area contributed by atoms with Gasteiger partial charge in [-0.3, -0.25) is 9.36 Å². The molecule has 224 valence electrons. The maximum Gasteiger partial charge on any atom is 0.368 e. The predicted octanol–water partition coefficient (Wildman–Crippen LogP) is 10.2. The molecule has 0 atom stereocenters. The Morgan fingerprint density at radius 2 is 1.28 bits per heavy atom. The second-order valence-corrected chi connectivity index (χ2v) is 12.5. The molecular weight excluding hydrogens is 531 g/mol. The van der Waals surface area contributed by atoms with Crippen molar-refractivity contribution in [2.24, 2.45) is 0 Å². The van der Waals surface area contributed by atoms with Crippen molar-refractivity contribution in [3.05, 3.63) is 40.8 Å². The van der Waals surface area contributed by atoms with E-state index in [2.05, 4.69) is 17.6 Å². The molecule has 0 aliphatic heterocycles. The molecule has 1 aromatic rings. The lowest BCUT2D eigenvalue weighted by Gasteiger charge is -2.20. The highest BCUT2D eigenvalue weighted by Gasteiger charge is 2.35. The van der Waals surface area contributed by atoms with Crippen molar-refractivity contribution in [3.8, 4) is 0 Å². The van der Waals surface area contributed by atoms with Gasteiger partial charge in [-0.25, -0.2) is 0 Å². The van der Waals surface area contributed by atoms with E-state index in [1.807, 2.05) is 0 Å². The smallest absolute Gasteiger partial charge is 0.361 e. The summed E-state index contributed by atoms with van der Waals surface area (Å²) in [7, 11) is -3.77. The summed E-state index contributed by atoms with van der Waals surface area (Å²) in [5.74, 6) is -0.448. The molecular formula is C31H54ClN2O4P. The van der Waals surface area contributed by atoms with E-state index in [4.69, 9.17) is 20.6 Å². The molecule has 0 aliphatic carbocycles. The Morgan fingerprint density at radius 3 is 1.74 bits per heavy atom. The number of rotatable bonds is 25. The number of benzene rings is 1. The molecule has 39 heavy (non-hydrogen) atoms. The minimum Gasteiger partial charge on any atom is -0.361 e. The standard InChI is InChI=1S/C31H54ClN2O4P/c1-4-7-8-9-10-11-12-13-14-15-16-17-18-19-20-21-25-33-31(35)30(39(36,37-5-2)38-6-3)27-34-29-24-22-23-28(32)26-29/h22-24,26-27,34H,4-21,25H2,1-3H3,(H,33,35)/b30-27+. The maximum absolute atomic E-state index is 13.4. The van der Waals surface area contributed by atoms with Gasteiger partial charge in [0.2, 0.25) is 0 Å². The van der Waals surface area contributed by atoms with Gasteiger partial charge in [-0.05, 0) is 38.5 Å². The summed E-state index contributed by atoms with van der Waals surface area (Å²) in [5, 5.41) is 6.42. The van der Waals surface area contributed by atoms with E-state index in [0.717, 1.165) is 12.8 Å². The van der Waals surface area contributed by atoms with Crippen LogP contribution in [0.3, 0.4) is 0 Å². The van der Waals surface area contributed by atoms with Crippen LogP contribution in [0.5, 0.6) is 0 Å². The molecule has 1 rings (SSSR count). The third-order valence-corrected chi connectivity index (χ3v) is 9.00. The number of hydrogen-bond acceptors (Lipinski definition) is 5. The molecule has 0 bridgehead atoms. The first kappa shape index (κ1) is 35.7. The number of halogens is 1. The van der Waals surface area contributed by atoms with Gasteiger partial charge in [0.15, 0.2) is 0 Å². The lowest BCUT2D eigenvalue weighted by Crippen LogP contribution is -2.27. The van der Waals surface area contributed by atoms with E-state index >= 15 is 0 Å². The van der Waals surface area contributed by atoms with Crippen molar-refractivity contribution < 1.29 is 18.4 Å². The van der Waals surface area contributed by atoms with Gasteiger partial charge in [0, 0.05) is 23.5 Å². The van der Waals surface area contributed by atoms with Gasteiger partial charge in [-0.1, -0.05) is 121 Å². The van der Waals surface area contributed by atoms with Crippen LogP contribution in [-0.4, -0.2) is 25.7 Å². The second kappa shape index (κ2) is 23.4. The van der Waals surface area contributed by atoms with Crippen LogP contribution in [0, 0.1) is 0 Å². The number of hydrogen-bond donors (Lipinski definition) is 2. The zero-order valence-electron chi connectivity index (χ0n) is 24.8. The second-order valence-electron chi connectivity index (χ2n) is 10.1. The Morgan fingerprint density at radius 1 is 0.795 bits per heavy atom. The third kappa shape index (κ3) is 17.2. The van der Waals surface area contributed by atoms with Crippen LogP contribution in [0.4, 0.5) is 5.69 Å². The lowest BCUT2D eigenvalue weighted by molar-refractivity contribution is -0.117. The zero-order chi connectivity index (χ0) is 28.6. The number of unbranched alkanes of at least 4 members (excludes halogenated alkanes) is 15. The van der Waals surface area contributed by atoms with Crippen molar-refractivity contribution >= 4 is 30.8 Å². The van der Waals surface area contributed by atoms with E-state index < -0.39 is 13.5 Å². The van der Waals surface area contributed by atoms with Crippen molar-refractivity contribution in [3.63, 3.8) is 0 Å². The molecule has 6 nitrogen and oxygen atoms in total. The average Bonchev–Trinajstić information content (AvgIpc) is 2.91. The Balaban J connectivity index is 2.29. The Labute approximate surface area is 243 Å². The van der Waals surface area contributed by atoms with Crippen molar-refractivity contribution in [2.75, 3.05) is 25.1 Å². The van der Waals surface area contributed by atoms with Crippen molar-refractivity contribution in [2.45, 2.75) is 124 Å². The van der Waals surface area contributed by atoms with Crippen LogP contribution in [0.2, 0.25) is 5.02 Å². The van der Waals surface area contributed by atoms with Gasteiger partial charge in [0.05, 0.1) is 13.2 Å². The van der Waals surface area contributed by atoms with Gasteiger partial charge >= 0.3 is 7.60 Å². The molecule has 8 heteroatoms. The minimum absolute atomic E-state index is 0.0392. The van der Waals surface area contributed by atoms with E-state index in [-0.39, 0.29) is 18.5 Å². The van der Waals surface area contributed by atoms with Crippen LogP contribution >= 0.6 is 19.2 Å². The first-order valence-corrected chi connectivity index (χ1v) is 17.3. The lowest BCUT2D eigenvalue weighted by atomic mass is 10.0. The van der Waals surface area contributed by atoms with Gasteiger partial charge in [-0.15, -0.1) is 0 Å². The fourth-order valence-corrected chi connectivity index (χ4v) is 6.25. The van der Waals surface area contributed by atoms with E-state index in [1.54, 1.807) is 38.1 Å². The van der Waals surface area contributed by atoms with Gasteiger partial charge in [0.25, 0.3) is 5.91 Å². The molecule has 1 amide bonds. The Hall–Kier alpha value is -1.33. The predicted molar refractivity (Wildman–Crippen MR) is 167 cm³/mol. The molecule has 0 radical (unpaired) electrons. The summed E-state index contributed by atoms with van der Waals surface area (Å²) < 4.78 is 24.3. The van der Waals surface area contributed by atoms with Crippen LogP contribution in [-0.2, 0) is 18.4 Å². The van der Waals surface area contributed by atoms with E-state index in [1.165, 1.54) is 96.1 Å². The molecule has 0 unspecified atom stereocenters. The summed E-state index contributed by atoms with van der Waals surface area (Å²) in [5.41, 5.74) is 0.671. The highest BCUT2D eigenvalue weighted by atomic mass is 35.5. The maximum atomic E-state index is 13.4. The summed E-state index contributed by atoms with van der Waals surface area (Å²) in [6.07, 6.45) is 22.2. The topological polar surface area (TPSA) is 76.7 Å². The zero-order valence-corrected chi connectivity index (χ0v) is 26.4. The normalized spacial score (nSPS) is 12.1. The Kier molecular flexibility index (Phi) is 21.4. The molecule has 0 saturated carbocycles. The molecule has 0 spiro atoms. The monoisotopic (exact) mass is 584 g/mol. The third-order valence-electron chi connectivity index (χ3n) is 6.64. The van der Waals surface area contributed by atoms with E-state index in [9.17, 15) is 9.36 Å². The van der Waals surface area contributed by atoms with Crippen LogP contribution in [0.15, 0.2) is 35.8 Å². The van der Waals surface area contributed by atoms with Crippen LogP contribution in [0.1, 0.15) is 124 Å². The molecule has 0 aromatic heterocycles. The summed E-state index contributed by atoms with van der Waals surface area (Å²) in [4.78, 5) is 13.0. The number of amides is 1. The quantitative estimate of drug-likeness (QED) is 0.0679. The summed E-state index contributed by atoms with van der Waals surface area (Å²) in [6, 6.07) is 7.07. The molecule has 0 aliphatic rings. The minimum atomic E-state index is -3.77. The highest BCUT2D eigenvalue weighted by molar-refractivity contribution is 7.60. The number of carbonyl (C=O) groups excluding carboxylic acids is 1.